The van der Waals surface area contributed by atoms with E-state index >= 15 is 0 Å². The number of fused-ring (bicyclic) bond motifs is 7. The fraction of sp³-hybridized carbons (Fsp3) is 0.732. The Bertz CT molecular complexity index is 1410. The molecular formula is C41H59NO5. The van der Waals surface area contributed by atoms with Crippen molar-refractivity contribution in [3.8, 4) is 0 Å². The molecule has 1 aromatic rings. The average molecular weight is 646 g/mol. The number of amides is 1. The first-order valence-electron chi connectivity index (χ1n) is 18.4. The van der Waals surface area contributed by atoms with Crippen LogP contribution in [0.15, 0.2) is 42.5 Å². The van der Waals surface area contributed by atoms with E-state index in [9.17, 15) is 14.4 Å². The van der Waals surface area contributed by atoms with Crippen molar-refractivity contribution < 1.29 is 23.9 Å². The first-order chi connectivity index (χ1) is 22.1. The van der Waals surface area contributed by atoms with Crippen LogP contribution in [0.3, 0.4) is 0 Å². The molecule has 0 aromatic heterocycles. The molecule has 11 atom stereocenters. The lowest BCUT2D eigenvalue weighted by Gasteiger charge is -2.73. The number of ether oxygens (including phenoxy) is 2. The van der Waals surface area contributed by atoms with Crippen LogP contribution in [0.25, 0.3) is 0 Å². The number of hydrogen-bond acceptors (Lipinski definition) is 5. The zero-order valence-corrected chi connectivity index (χ0v) is 30.1. The van der Waals surface area contributed by atoms with Crippen LogP contribution < -0.4 is 5.32 Å². The monoisotopic (exact) mass is 645 g/mol. The van der Waals surface area contributed by atoms with Gasteiger partial charge in [-0.15, -0.1) is 0 Å². The molecule has 0 spiro atoms. The smallest absolute Gasteiger partial charge is 0.302 e. The van der Waals surface area contributed by atoms with Crippen LogP contribution in [0.5, 0.6) is 0 Å². The fourth-order valence-electron chi connectivity index (χ4n) is 13.1. The molecule has 6 nitrogen and oxygen atoms in total. The third-order valence-corrected chi connectivity index (χ3v) is 15.5. The molecule has 0 aliphatic heterocycles. The number of allylic oxidation sites excluding steroid dienone is 1. The van der Waals surface area contributed by atoms with E-state index in [2.05, 4.69) is 58.6 Å². The highest BCUT2D eigenvalue weighted by Gasteiger charge is 2.72. The van der Waals surface area contributed by atoms with Gasteiger partial charge in [-0.1, -0.05) is 70.2 Å². The average Bonchev–Trinajstić information content (AvgIpc) is 3.42. The van der Waals surface area contributed by atoms with Gasteiger partial charge in [0.25, 0.3) is 0 Å². The molecule has 6 rings (SSSR count). The van der Waals surface area contributed by atoms with Crippen LogP contribution in [0, 0.1) is 56.7 Å². The van der Waals surface area contributed by atoms with E-state index in [0.29, 0.717) is 30.2 Å². The number of hydrogen-bond donors (Lipinski definition) is 1. The zero-order chi connectivity index (χ0) is 34.0. The van der Waals surface area contributed by atoms with E-state index in [4.69, 9.17) is 9.47 Å². The number of benzene rings is 1. The molecule has 3 unspecified atom stereocenters. The van der Waals surface area contributed by atoms with E-state index in [-0.39, 0.29) is 58.1 Å². The molecule has 6 heteroatoms. The van der Waals surface area contributed by atoms with Gasteiger partial charge in [0.05, 0.1) is 5.41 Å². The van der Waals surface area contributed by atoms with Crippen molar-refractivity contribution in [3.63, 3.8) is 0 Å². The quantitative estimate of drug-likeness (QED) is 0.238. The molecule has 47 heavy (non-hydrogen) atoms. The van der Waals surface area contributed by atoms with Crippen molar-refractivity contribution in [3.05, 3.63) is 48.0 Å². The number of carbonyl (C=O) groups excluding carboxylic acids is 3. The highest BCUT2D eigenvalue weighted by molar-refractivity contribution is 5.84. The van der Waals surface area contributed by atoms with Crippen LogP contribution in [-0.4, -0.2) is 30.6 Å². The highest BCUT2D eigenvalue weighted by Crippen LogP contribution is 2.77. The van der Waals surface area contributed by atoms with Crippen LogP contribution in [0.1, 0.15) is 118 Å². The summed E-state index contributed by atoms with van der Waals surface area (Å²) in [6.45, 7) is 20.4. The Kier molecular flexibility index (Phi) is 8.78. The summed E-state index contributed by atoms with van der Waals surface area (Å²) in [4.78, 5) is 38.7. The van der Waals surface area contributed by atoms with Crippen LogP contribution in [0.4, 0.5) is 0 Å². The minimum absolute atomic E-state index is 0.0392. The van der Waals surface area contributed by atoms with E-state index < -0.39 is 5.41 Å². The maximum atomic E-state index is 14.4. The third kappa shape index (κ3) is 5.21. The molecule has 1 N–H and O–H groups in total. The Morgan fingerprint density at radius 3 is 2.19 bits per heavy atom. The number of esters is 2. The van der Waals surface area contributed by atoms with Crippen molar-refractivity contribution >= 4 is 17.8 Å². The van der Waals surface area contributed by atoms with Gasteiger partial charge in [-0.25, -0.2) is 0 Å². The minimum Gasteiger partial charge on any atom is -0.465 e. The topological polar surface area (TPSA) is 81.7 Å². The summed E-state index contributed by atoms with van der Waals surface area (Å²) in [7, 11) is 0. The van der Waals surface area contributed by atoms with E-state index in [1.165, 1.54) is 19.4 Å². The van der Waals surface area contributed by atoms with Gasteiger partial charge in [-0.3, -0.25) is 14.4 Å². The summed E-state index contributed by atoms with van der Waals surface area (Å²) in [6.07, 6.45) is 9.98. The molecule has 0 bridgehead atoms. The third-order valence-electron chi connectivity index (χ3n) is 15.5. The number of rotatable bonds is 7. The summed E-state index contributed by atoms with van der Waals surface area (Å²) < 4.78 is 11.7. The molecule has 5 aliphatic carbocycles. The molecule has 0 radical (unpaired) electrons. The van der Waals surface area contributed by atoms with Crippen LogP contribution in [0.2, 0.25) is 0 Å². The largest absolute Gasteiger partial charge is 0.465 e. The Hall–Kier alpha value is -2.63. The number of nitrogens with one attached hydrogen (secondary N) is 1. The van der Waals surface area contributed by atoms with Crippen molar-refractivity contribution in [2.45, 2.75) is 125 Å². The second kappa shape index (κ2) is 12.1. The lowest BCUT2D eigenvalue weighted by Crippen LogP contribution is -2.68. The van der Waals surface area contributed by atoms with Gasteiger partial charge in [-0.05, 0) is 123 Å². The standard InChI is InChI=1S/C41H59NO5/c1-26(2)30-16-21-41(36(45)42-24-29-12-10-9-11-13-29)23-22-39(7)31(35(30)41)14-15-33-37(5)19-18-34(47-28(4)44)38(6,25-46-27(3)43)32(37)17-20-40(33,39)8/h9-13,30-35H,1,14-25H2,2-8H3,(H,42,45)/t30-,31?,32+,33?,34-,35?,37-,38-,39+,40+,41-/m0/s1. The molecule has 0 heterocycles. The summed E-state index contributed by atoms with van der Waals surface area (Å²) in [6, 6.07) is 10.3. The first kappa shape index (κ1) is 34.2. The van der Waals surface area contributed by atoms with Gasteiger partial charge >= 0.3 is 11.9 Å². The lowest BCUT2D eigenvalue weighted by molar-refractivity contribution is -0.256. The predicted molar refractivity (Wildman–Crippen MR) is 184 cm³/mol. The molecule has 258 valence electrons. The Morgan fingerprint density at radius 2 is 1.53 bits per heavy atom. The van der Waals surface area contributed by atoms with Gasteiger partial charge < -0.3 is 14.8 Å². The summed E-state index contributed by atoms with van der Waals surface area (Å²) in [5, 5.41) is 3.41. The fourth-order valence-corrected chi connectivity index (χ4v) is 13.1. The summed E-state index contributed by atoms with van der Waals surface area (Å²) in [5.41, 5.74) is 1.88. The van der Waals surface area contributed by atoms with Crippen molar-refractivity contribution in [2.75, 3.05) is 6.61 Å². The van der Waals surface area contributed by atoms with Gasteiger partial charge in [0.15, 0.2) is 0 Å². The first-order valence-corrected chi connectivity index (χ1v) is 18.4. The molecule has 0 saturated heterocycles. The van der Waals surface area contributed by atoms with Crippen LogP contribution in [-0.2, 0) is 30.4 Å². The Labute approximate surface area is 283 Å². The van der Waals surface area contributed by atoms with E-state index in [0.717, 1.165) is 69.8 Å². The second-order valence-electron chi connectivity index (χ2n) is 17.4. The van der Waals surface area contributed by atoms with Crippen LogP contribution >= 0.6 is 0 Å². The predicted octanol–water partition coefficient (Wildman–Crippen LogP) is 8.44. The Morgan fingerprint density at radius 1 is 0.809 bits per heavy atom. The maximum absolute atomic E-state index is 14.4. The number of carbonyl (C=O) groups is 3. The lowest BCUT2D eigenvalue weighted by atomic mass is 9.32. The van der Waals surface area contributed by atoms with Gasteiger partial charge in [-0.2, -0.15) is 0 Å². The molecule has 5 saturated carbocycles. The molecule has 1 aromatic carbocycles. The van der Waals surface area contributed by atoms with Crippen molar-refractivity contribution in [1.82, 2.24) is 5.32 Å². The molecule has 5 fully saturated rings. The normalized spacial score (nSPS) is 43.7. The van der Waals surface area contributed by atoms with Gasteiger partial charge in [0, 0.05) is 25.8 Å². The minimum atomic E-state index is -0.432. The zero-order valence-electron chi connectivity index (χ0n) is 30.1. The molecule has 5 aliphatic rings. The summed E-state index contributed by atoms with van der Waals surface area (Å²) >= 11 is 0. The van der Waals surface area contributed by atoms with Gasteiger partial charge in [0.2, 0.25) is 5.91 Å². The van der Waals surface area contributed by atoms with E-state index in [1.54, 1.807) is 0 Å². The molecular weight excluding hydrogens is 586 g/mol. The molecule has 1 amide bonds. The van der Waals surface area contributed by atoms with Gasteiger partial charge in [0.1, 0.15) is 12.7 Å². The summed E-state index contributed by atoms with van der Waals surface area (Å²) in [5.74, 6) is 1.66. The maximum Gasteiger partial charge on any atom is 0.302 e. The SMILES string of the molecule is C=C(C)[C@@H]1CC[C@]2(C(=O)NCc3ccccc3)CC[C@]3(C)C(CCC4[C@@]5(C)CC[C@H](OC(C)=O)[C@@](C)(COC(C)=O)[C@@H]5CC[C@]43C)C12. The highest BCUT2D eigenvalue weighted by atomic mass is 16.6. The second-order valence-corrected chi connectivity index (χ2v) is 17.4. The van der Waals surface area contributed by atoms with E-state index in [1.807, 2.05) is 18.2 Å². The van der Waals surface area contributed by atoms with Crippen molar-refractivity contribution in [1.29, 1.82) is 0 Å². The Balaban J connectivity index is 1.32. The van der Waals surface area contributed by atoms with Crippen molar-refractivity contribution in [2.24, 2.45) is 56.7 Å².